The van der Waals surface area contributed by atoms with Gasteiger partial charge in [-0.15, -0.1) is 0 Å². The predicted molar refractivity (Wildman–Crippen MR) is 78.1 cm³/mol. The zero-order valence-corrected chi connectivity index (χ0v) is 12.3. The smallest absolute Gasteiger partial charge is 0.131 e. The van der Waals surface area contributed by atoms with Crippen molar-refractivity contribution in [1.29, 1.82) is 0 Å². The van der Waals surface area contributed by atoms with Crippen molar-refractivity contribution in [2.24, 2.45) is 0 Å². The first-order valence-electron chi connectivity index (χ1n) is 7.29. The summed E-state index contributed by atoms with van der Waals surface area (Å²) in [5.74, 6) is 0.461. The Balaban J connectivity index is 2.51. The lowest BCUT2D eigenvalue weighted by Crippen LogP contribution is -2.15. The summed E-state index contributed by atoms with van der Waals surface area (Å²) < 4.78 is 19.6. The fourth-order valence-corrected chi connectivity index (χ4v) is 2.10. The van der Waals surface area contributed by atoms with Crippen LogP contribution >= 0.6 is 0 Å². The van der Waals surface area contributed by atoms with E-state index in [-0.39, 0.29) is 11.9 Å². The second-order valence-electron chi connectivity index (χ2n) is 4.92. The van der Waals surface area contributed by atoms with Crippen molar-refractivity contribution in [1.82, 2.24) is 5.32 Å². The molecule has 0 spiro atoms. The Morgan fingerprint density at radius 2 is 1.95 bits per heavy atom. The number of benzene rings is 1. The maximum absolute atomic E-state index is 13.8. The molecule has 0 radical (unpaired) electrons. The highest BCUT2D eigenvalue weighted by Crippen LogP contribution is 2.27. The summed E-state index contributed by atoms with van der Waals surface area (Å²) in [4.78, 5) is 0. The maximum atomic E-state index is 13.8. The van der Waals surface area contributed by atoms with E-state index in [0.29, 0.717) is 17.9 Å². The van der Waals surface area contributed by atoms with Gasteiger partial charge in [0.15, 0.2) is 0 Å². The van der Waals surface area contributed by atoms with E-state index in [9.17, 15) is 4.39 Å². The van der Waals surface area contributed by atoms with Crippen molar-refractivity contribution in [3.63, 3.8) is 0 Å². The molecule has 3 heteroatoms. The minimum atomic E-state index is -0.203. The van der Waals surface area contributed by atoms with Crippen molar-refractivity contribution in [2.45, 2.75) is 52.0 Å². The highest BCUT2D eigenvalue weighted by atomic mass is 19.1. The minimum absolute atomic E-state index is 0.0451. The van der Waals surface area contributed by atoms with E-state index in [4.69, 9.17) is 4.74 Å². The Morgan fingerprint density at radius 3 is 2.63 bits per heavy atom. The number of unbranched alkanes of at least 4 members (excludes halogenated alkanes) is 4. The first-order chi connectivity index (χ1) is 9.20. The van der Waals surface area contributed by atoms with Crippen LogP contribution in [0.2, 0.25) is 0 Å². The number of halogens is 1. The monoisotopic (exact) mass is 267 g/mol. The Morgan fingerprint density at radius 1 is 1.21 bits per heavy atom. The lowest BCUT2D eigenvalue weighted by molar-refractivity contribution is 0.296. The van der Waals surface area contributed by atoms with Gasteiger partial charge in [0.25, 0.3) is 0 Å². The standard InChI is InChI=1S/C16H26FNO/c1-4-5-6-7-8-12-19-15-11-9-10-14(17)16(15)13(2)18-3/h9-11,13,18H,4-8,12H2,1-3H3. The normalized spacial score (nSPS) is 12.4. The quantitative estimate of drug-likeness (QED) is 0.667. The van der Waals surface area contributed by atoms with Gasteiger partial charge in [0.2, 0.25) is 0 Å². The van der Waals surface area contributed by atoms with Crippen LogP contribution in [-0.4, -0.2) is 13.7 Å². The molecule has 0 amide bonds. The topological polar surface area (TPSA) is 21.3 Å². The molecule has 1 N–H and O–H groups in total. The Bertz CT molecular complexity index is 368. The van der Waals surface area contributed by atoms with Gasteiger partial charge in [-0.3, -0.25) is 0 Å². The molecule has 0 aliphatic carbocycles. The second-order valence-corrected chi connectivity index (χ2v) is 4.92. The van der Waals surface area contributed by atoms with Crippen LogP contribution in [0.5, 0.6) is 5.75 Å². The van der Waals surface area contributed by atoms with E-state index in [1.165, 1.54) is 31.7 Å². The average Bonchev–Trinajstić information content (AvgIpc) is 2.42. The molecule has 1 aromatic carbocycles. The van der Waals surface area contributed by atoms with Crippen molar-refractivity contribution in [3.05, 3.63) is 29.6 Å². The van der Waals surface area contributed by atoms with E-state index >= 15 is 0 Å². The summed E-state index contributed by atoms with van der Waals surface area (Å²) in [5, 5.41) is 3.06. The first kappa shape index (κ1) is 16.0. The van der Waals surface area contributed by atoms with Crippen LogP contribution in [0, 0.1) is 5.82 Å². The van der Waals surface area contributed by atoms with Gasteiger partial charge in [0, 0.05) is 11.6 Å². The van der Waals surface area contributed by atoms with Crippen LogP contribution in [0.25, 0.3) is 0 Å². The van der Waals surface area contributed by atoms with Gasteiger partial charge < -0.3 is 10.1 Å². The third-order valence-corrected chi connectivity index (χ3v) is 3.38. The molecule has 108 valence electrons. The van der Waals surface area contributed by atoms with E-state index in [1.807, 2.05) is 20.0 Å². The molecule has 19 heavy (non-hydrogen) atoms. The number of ether oxygens (including phenoxy) is 1. The highest BCUT2D eigenvalue weighted by molar-refractivity contribution is 5.36. The van der Waals surface area contributed by atoms with Gasteiger partial charge in [-0.05, 0) is 32.5 Å². The Hall–Kier alpha value is -1.09. The van der Waals surface area contributed by atoms with Gasteiger partial charge in [-0.25, -0.2) is 4.39 Å². The van der Waals surface area contributed by atoms with Crippen LogP contribution in [0.15, 0.2) is 18.2 Å². The summed E-state index contributed by atoms with van der Waals surface area (Å²) in [6.45, 7) is 4.80. The molecule has 2 nitrogen and oxygen atoms in total. The van der Waals surface area contributed by atoms with Gasteiger partial charge in [0.1, 0.15) is 11.6 Å². The third-order valence-electron chi connectivity index (χ3n) is 3.38. The van der Waals surface area contributed by atoms with E-state index in [2.05, 4.69) is 12.2 Å². The average molecular weight is 267 g/mol. The van der Waals surface area contributed by atoms with Gasteiger partial charge in [-0.2, -0.15) is 0 Å². The predicted octanol–water partition coefficient (Wildman–Crippen LogP) is 4.46. The fourth-order valence-electron chi connectivity index (χ4n) is 2.10. The van der Waals surface area contributed by atoms with Crippen LogP contribution in [0.3, 0.4) is 0 Å². The number of rotatable bonds is 9. The largest absolute Gasteiger partial charge is 0.493 e. The SMILES string of the molecule is CCCCCCCOc1cccc(F)c1C(C)NC. The maximum Gasteiger partial charge on any atom is 0.131 e. The first-order valence-corrected chi connectivity index (χ1v) is 7.29. The molecular formula is C16H26FNO. The van der Waals surface area contributed by atoms with Crippen molar-refractivity contribution < 1.29 is 9.13 Å². The van der Waals surface area contributed by atoms with E-state index < -0.39 is 0 Å². The van der Waals surface area contributed by atoms with E-state index in [1.54, 1.807) is 6.07 Å². The number of hydrogen-bond acceptors (Lipinski definition) is 2. The minimum Gasteiger partial charge on any atom is -0.493 e. The van der Waals surface area contributed by atoms with Gasteiger partial charge in [0.05, 0.1) is 6.61 Å². The van der Waals surface area contributed by atoms with Gasteiger partial charge in [-0.1, -0.05) is 38.7 Å². The molecule has 0 heterocycles. The summed E-state index contributed by atoms with van der Waals surface area (Å²) in [6, 6.07) is 4.99. The van der Waals surface area contributed by atoms with Crippen LogP contribution < -0.4 is 10.1 Å². The van der Waals surface area contributed by atoms with Gasteiger partial charge >= 0.3 is 0 Å². The van der Waals surface area contributed by atoms with Crippen LogP contribution in [0.4, 0.5) is 4.39 Å². The lowest BCUT2D eigenvalue weighted by Gasteiger charge is -2.17. The van der Waals surface area contributed by atoms with Crippen molar-refractivity contribution >= 4 is 0 Å². The second kappa shape index (κ2) is 8.92. The molecule has 0 saturated heterocycles. The molecule has 0 bridgehead atoms. The van der Waals surface area contributed by atoms with Crippen LogP contribution in [-0.2, 0) is 0 Å². The Labute approximate surface area is 116 Å². The molecule has 0 aliphatic rings. The third kappa shape index (κ3) is 5.19. The fraction of sp³-hybridized carbons (Fsp3) is 0.625. The lowest BCUT2D eigenvalue weighted by atomic mass is 10.1. The number of nitrogens with one attached hydrogen (secondary N) is 1. The highest BCUT2D eigenvalue weighted by Gasteiger charge is 2.15. The molecule has 0 aromatic heterocycles. The van der Waals surface area contributed by atoms with Crippen molar-refractivity contribution in [2.75, 3.05) is 13.7 Å². The van der Waals surface area contributed by atoms with Crippen molar-refractivity contribution in [3.8, 4) is 5.75 Å². The molecule has 1 rings (SSSR count). The number of hydrogen-bond donors (Lipinski definition) is 1. The zero-order valence-electron chi connectivity index (χ0n) is 12.3. The molecule has 0 aliphatic heterocycles. The van der Waals surface area contributed by atoms with Crippen LogP contribution in [0.1, 0.15) is 57.6 Å². The zero-order chi connectivity index (χ0) is 14.1. The molecule has 0 fully saturated rings. The summed E-state index contributed by atoms with van der Waals surface area (Å²) in [7, 11) is 1.83. The molecular weight excluding hydrogens is 241 g/mol. The molecule has 0 saturated carbocycles. The molecule has 1 unspecified atom stereocenters. The summed E-state index contributed by atoms with van der Waals surface area (Å²) in [6.07, 6.45) is 5.99. The molecule has 1 atom stereocenters. The summed E-state index contributed by atoms with van der Waals surface area (Å²) in [5.41, 5.74) is 0.624. The Kier molecular flexibility index (Phi) is 7.49. The van der Waals surface area contributed by atoms with E-state index in [0.717, 1.165) is 6.42 Å². The molecule has 1 aromatic rings. The summed E-state index contributed by atoms with van der Waals surface area (Å²) >= 11 is 0.